The Hall–Kier alpha value is -0.960. The second-order valence-electron chi connectivity index (χ2n) is 1.73. The average Bonchev–Trinajstić information content (AvgIpc) is 2.05. The number of nitrogens with zero attached hydrogens (tertiary/aromatic N) is 1. The molecule has 0 fully saturated rings. The Morgan fingerprint density at radius 3 is 3.00 bits per heavy atom. The molecule has 0 saturated carbocycles. The highest BCUT2D eigenvalue weighted by Gasteiger charge is 1.96. The predicted molar refractivity (Wildman–Crippen MR) is 42.9 cm³/mol. The van der Waals surface area contributed by atoms with Gasteiger partial charge in [0.15, 0.2) is 5.05 Å². The summed E-state index contributed by atoms with van der Waals surface area (Å²) in [5, 5.41) is 0.480. The van der Waals surface area contributed by atoms with E-state index in [1.54, 1.807) is 19.5 Å². The Balaban J connectivity index is 2.85. The topological polar surface area (TPSA) is 22.1 Å². The monoisotopic (exact) mass is 153 g/mol. The lowest BCUT2D eigenvalue weighted by Gasteiger charge is -1.98. The minimum atomic E-state index is 0.480. The summed E-state index contributed by atoms with van der Waals surface area (Å²) in [6, 6.07) is 3.68. The van der Waals surface area contributed by atoms with Gasteiger partial charge in [-0.15, -0.1) is 0 Å². The van der Waals surface area contributed by atoms with Crippen LogP contribution in [0.4, 0.5) is 0 Å². The number of methoxy groups -OCH3 is 1. The molecular weight excluding hydrogens is 146 g/mol. The van der Waals surface area contributed by atoms with E-state index in [1.807, 2.05) is 12.1 Å². The maximum atomic E-state index is 4.86. The molecule has 0 bridgehead atoms. The molecule has 0 N–H and O–H groups in total. The smallest absolute Gasteiger partial charge is 0.192 e. The fourth-order valence-electron chi connectivity index (χ4n) is 0.601. The van der Waals surface area contributed by atoms with Gasteiger partial charge in [-0.3, -0.25) is 4.98 Å². The van der Waals surface area contributed by atoms with Crippen LogP contribution in [0.5, 0.6) is 0 Å². The maximum Gasteiger partial charge on any atom is 0.192 e. The van der Waals surface area contributed by atoms with Gasteiger partial charge < -0.3 is 4.74 Å². The highest BCUT2D eigenvalue weighted by molar-refractivity contribution is 7.80. The normalized spacial score (nSPS) is 8.90. The van der Waals surface area contributed by atoms with Crippen LogP contribution in [0.1, 0.15) is 5.56 Å². The van der Waals surface area contributed by atoms with Gasteiger partial charge in [-0.05, 0) is 24.4 Å². The first-order valence-electron chi connectivity index (χ1n) is 2.83. The molecular formula is C7H7NOS. The first-order valence-corrected chi connectivity index (χ1v) is 3.24. The molecule has 0 atom stereocenters. The molecule has 1 aromatic rings. The summed E-state index contributed by atoms with van der Waals surface area (Å²) in [5.74, 6) is 0. The molecule has 3 heteroatoms. The van der Waals surface area contributed by atoms with E-state index in [-0.39, 0.29) is 0 Å². The molecule has 1 rings (SSSR count). The van der Waals surface area contributed by atoms with Gasteiger partial charge >= 0.3 is 0 Å². The van der Waals surface area contributed by atoms with Crippen LogP contribution in [-0.2, 0) is 4.74 Å². The molecule has 2 nitrogen and oxygen atoms in total. The van der Waals surface area contributed by atoms with E-state index in [2.05, 4.69) is 4.98 Å². The summed E-state index contributed by atoms with van der Waals surface area (Å²) in [5.41, 5.74) is 0.847. The number of thiocarbonyl (C=S) groups is 1. The average molecular weight is 153 g/mol. The Bertz CT molecular complexity index is 222. The molecule has 10 heavy (non-hydrogen) atoms. The van der Waals surface area contributed by atoms with E-state index in [1.165, 1.54) is 0 Å². The van der Waals surface area contributed by atoms with Crippen LogP contribution in [0.15, 0.2) is 24.5 Å². The maximum absolute atomic E-state index is 4.86. The van der Waals surface area contributed by atoms with Gasteiger partial charge in [-0.25, -0.2) is 0 Å². The fraction of sp³-hybridized carbons (Fsp3) is 0.143. The fourth-order valence-corrected chi connectivity index (χ4v) is 0.722. The summed E-state index contributed by atoms with van der Waals surface area (Å²) >= 11 is 4.86. The molecule has 1 heterocycles. The van der Waals surface area contributed by atoms with Crippen molar-refractivity contribution in [3.8, 4) is 0 Å². The number of hydrogen-bond acceptors (Lipinski definition) is 3. The number of pyridine rings is 1. The summed E-state index contributed by atoms with van der Waals surface area (Å²) in [4.78, 5) is 3.89. The van der Waals surface area contributed by atoms with Crippen molar-refractivity contribution in [2.24, 2.45) is 0 Å². The van der Waals surface area contributed by atoms with Crippen LogP contribution in [0, 0.1) is 0 Å². The van der Waals surface area contributed by atoms with Crippen LogP contribution in [0.3, 0.4) is 0 Å². The van der Waals surface area contributed by atoms with Gasteiger partial charge in [0.1, 0.15) is 0 Å². The van der Waals surface area contributed by atoms with E-state index >= 15 is 0 Å². The molecule has 0 amide bonds. The SMILES string of the molecule is COC(=S)c1cccnc1. The number of hydrogen-bond donors (Lipinski definition) is 0. The van der Waals surface area contributed by atoms with Crippen LogP contribution in [0.2, 0.25) is 0 Å². The molecule has 0 unspecified atom stereocenters. The molecule has 0 aromatic carbocycles. The van der Waals surface area contributed by atoms with Crippen molar-refractivity contribution < 1.29 is 4.74 Å². The molecule has 0 spiro atoms. The van der Waals surface area contributed by atoms with Crippen LogP contribution < -0.4 is 0 Å². The van der Waals surface area contributed by atoms with Gasteiger partial charge in [-0.2, -0.15) is 0 Å². The van der Waals surface area contributed by atoms with Crippen molar-refractivity contribution in [2.45, 2.75) is 0 Å². The number of ether oxygens (including phenoxy) is 1. The largest absolute Gasteiger partial charge is 0.486 e. The molecule has 0 aliphatic heterocycles. The predicted octanol–water partition coefficient (Wildman–Crippen LogP) is 1.40. The Labute approximate surface area is 64.9 Å². The molecule has 0 radical (unpaired) electrons. The first kappa shape index (κ1) is 7.15. The Kier molecular flexibility index (Phi) is 2.34. The van der Waals surface area contributed by atoms with E-state index in [0.717, 1.165) is 5.56 Å². The lowest BCUT2D eigenvalue weighted by Crippen LogP contribution is -1.98. The van der Waals surface area contributed by atoms with Gasteiger partial charge in [0.2, 0.25) is 0 Å². The lowest BCUT2D eigenvalue weighted by atomic mass is 10.3. The number of rotatable bonds is 1. The summed E-state index contributed by atoms with van der Waals surface area (Å²) in [6.07, 6.45) is 3.37. The van der Waals surface area contributed by atoms with E-state index in [0.29, 0.717) is 5.05 Å². The molecule has 0 saturated heterocycles. The van der Waals surface area contributed by atoms with E-state index in [4.69, 9.17) is 17.0 Å². The number of aromatic nitrogens is 1. The van der Waals surface area contributed by atoms with Gasteiger partial charge in [0.05, 0.1) is 7.11 Å². The minimum absolute atomic E-state index is 0.480. The van der Waals surface area contributed by atoms with Crippen LogP contribution in [0.25, 0.3) is 0 Å². The van der Waals surface area contributed by atoms with E-state index < -0.39 is 0 Å². The third-order valence-electron chi connectivity index (χ3n) is 1.08. The first-order chi connectivity index (χ1) is 4.84. The van der Waals surface area contributed by atoms with E-state index in [9.17, 15) is 0 Å². The van der Waals surface area contributed by atoms with Gasteiger partial charge in [-0.1, -0.05) is 0 Å². The van der Waals surface area contributed by atoms with Crippen molar-refractivity contribution in [1.29, 1.82) is 0 Å². The van der Waals surface area contributed by atoms with Crippen molar-refractivity contribution in [2.75, 3.05) is 7.11 Å². The Morgan fingerprint density at radius 1 is 1.70 bits per heavy atom. The van der Waals surface area contributed by atoms with Gasteiger partial charge in [0, 0.05) is 18.0 Å². The molecule has 52 valence electrons. The Morgan fingerprint density at radius 2 is 2.50 bits per heavy atom. The highest BCUT2D eigenvalue weighted by Crippen LogP contribution is 1.98. The minimum Gasteiger partial charge on any atom is -0.486 e. The highest BCUT2D eigenvalue weighted by atomic mass is 32.1. The van der Waals surface area contributed by atoms with Crippen molar-refractivity contribution in [3.63, 3.8) is 0 Å². The summed E-state index contributed by atoms with van der Waals surface area (Å²) < 4.78 is 4.83. The summed E-state index contributed by atoms with van der Waals surface area (Å²) in [7, 11) is 1.55. The summed E-state index contributed by atoms with van der Waals surface area (Å²) in [6.45, 7) is 0. The second kappa shape index (κ2) is 3.27. The third kappa shape index (κ3) is 1.51. The third-order valence-corrected chi connectivity index (χ3v) is 1.49. The van der Waals surface area contributed by atoms with Crippen molar-refractivity contribution >= 4 is 17.3 Å². The zero-order valence-corrected chi connectivity index (χ0v) is 6.39. The van der Waals surface area contributed by atoms with Crippen molar-refractivity contribution in [1.82, 2.24) is 4.98 Å². The molecule has 0 aliphatic carbocycles. The zero-order valence-electron chi connectivity index (χ0n) is 5.57. The second-order valence-corrected chi connectivity index (χ2v) is 2.10. The lowest BCUT2D eigenvalue weighted by molar-refractivity contribution is 0.416. The van der Waals surface area contributed by atoms with Crippen molar-refractivity contribution in [3.05, 3.63) is 30.1 Å². The zero-order chi connectivity index (χ0) is 7.40. The quantitative estimate of drug-likeness (QED) is 0.569. The van der Waals surface area contributed by atoms with Crippen LogP contribution in [-0.4, -0.2) is 17.1 Å². The van der Waals surface area contributed by atoms with Gasteiger partial charge in [0.25, 0.3) is 0 Å². The molecule has 0 aliphatic rings. The standard InChI is InChI=1S/C7H7NOS/c1-9-7(10)6-3-2-4-8-5-6/h2-5H,1H3. The molecule has 1 aromatic heterocycles. The van der Waals surface area contributed by atoms with Crippen LogP contribution >= 0.6 is 12.2 Å².